The fourth-order valence-electron chi connectivity index (χ4n) is 2.75. The molecule has 0 atom stereocenters. The average molecular weight is 416 g/mol. The molecule has 0 saturated heterocycles. The first-order valence-corrected chi connectivity index (χ1v) is 9.90. The summed E-state index contributed by atoms with van der Waals surface area (Å²) in [6.45, 7) is 4.11. The zero-order valence-corrected chi connectivity index (χ0v) is 17.2. The topological polar surface area (TPSA) is 69.9 Å². The summed E-state index contributed by atoms with van der Waals surface area (Å²) in [7, 11) is 1.32. The number of carbonyl (C=O) groups excluding carboxylic acids is 2. The van der Waals surface area contributed by atoms with Gasteiger partial charge in [-0.3, -0.25) is 9.59 Å². The van der Waals surface area contributed by atoms with Gasteiger partial charge in [-0.1, -0.05) is 11.3 Å². The van der Waals surface area contributed by atoms with Gasteiger partial charge in [0.15, 0.2) is 4.80 Å². The number of halogens is 1. The van der Waals surface area contributed by atoms with Crippen LogP contribution in [0.5, 0.6) is 5.75 Å². The summed E-state index contributed by atoms with van der Waals surface area (Å²) in [5.74, 6) is -0.517. The lowest BCUT2D eigenvalue weighted by Crippen LogP contribution is -2.19. The van der Waals surface area contributed by atoms with E-state index >= 15 is 0 Å². The van der Waals surface area contributed by atoms with Crippen LogP contribution in [-0.2, 0) is 16.1 Å². The molecule has 3 aromatic rings. The summed E-state index contributed by atoms with van der Waals surface area (Å²) < 4.78 is 26.3. The minimum atomic E-state index is -0.431. The van der Waals surface area contributed by atoms with Gasteiger partial charge in [0.05, 0.1) is 29.9 Å². The lowest BCUT2D eigenvalue weighted by molar-refractivity contribution is -0.140. The van der Waals surface area contributed by atoms with Crippen LogP contribution in [0.15, 0.2) is 47.5 Å². The number of amides is 1. The maximum absolute atomic E-state index is 13.6. The summed E-state index contributed by atoms with van der Waals surface area (Å²) in [6, 6.07) is 11.1. The van der Waals surface area contributed by atoms with Gasteiger partial charge in [-0.25, -0.2) is 4.39 Å². The van der Waals surface area contributed by atoms with Gasteiger partial charge in [-0.15, -0.1) is 0 Å². The number of hydrogen-bond donors (Lipinski definition) is 0. The van der Waals surface area contributed by atoms with Crippen molar-refractivity contribution in [2.24, 2.45) is 4.99 Å². The predicted octanol–water partition coefficient (Wildman–Crippen LogP) is 3.93. The smallest absolute Gasteiger partial charge is 0.307 e. The number of hydrogen-bond acceptors (Lipinski definition) is 5. The molecule has 0 aliphatic carbocycles. The maximum Gasteiger partial charge on any atom is 0.307 e. The summed E-state index contributed by atoms with van der Waals surface area (Å²) in [6.07, 6.45) is 0.149. The van der Waals surface area contributed by atoms with Crippen LogP contribution in [0.25, 0.3) is 10.2 Å². The molecule has 0 aliphatic heterocycles. The van der Waals surface area contributed by atoms with Crippen molar-refractivity contribution in [3.63, 3.8) is 0 Å². The van der Waals surface area contributed by atoms with Crippen LogP contribution in [0.2, 0.25) is 0 Å². The van der Waals surface area contributed by atoms with Gasteiger partial charge in [0, 0.05) is 12.1 Å². The molecule has 1 aromatic heterocycles. The van der Waals surface area contributed by atoms with Crippen molar-refractivity contribution in [1.29, 1.82) is 0 Å². The molecule has 6 nitrogen and oxygen atoms in total. The Morgan fingerprint density at radius 2 is 1.90 bits per heavy atom. The van der Waals surface area contributed by atoms with E-state index in [2.05, 4.69) is 4.99 Å². The van der Waals surface area contributed by atoms with Gasteiger partial charge >= 0.3 is 5.97 Å². The molecular weight excluding hydrogens is 395 g/mol. The molecule has 2 aromatic carbocycles. The maximum atomic E-state index is 13.6. The van der Waals surface area contributed by atoms with Gasteiger partial charge in [0.1, 0.15) is 11.6 Å². The second kappa shape index (κ2) is 9.00. The van der Waals surface area contributed by atoms with E-state index in [1.165, 1.54) is 30.6 Å². The molecule has 0 N–H and O–H groups in total. The Morgan fingerprint density at radius 1 is 1.17 bits per heavy atom. The highest BCUT2D eigenvalue weighted by Gasteiger charge is 2.12. The Kier molecular flexibility index (Phi) is 6.43. The molecule has 0 bridgehead atoms. The Bertz CT molecular complexity index is 1100. The normalized spacial score (nSPS) is 11.8. The van der Waals surface area contributed by atoms with Crippen LogP contribution in [0.1, 0.15) is 30.6 Å². The molecule has 1 heterocycles. The van der Waals surface area contributed by atoms with E-state index in [9.17, 15) is 14.0 Å². The average Bonchev–Trinajstić information content (AvgIpc) is 3.01. The molecule has 3 rings (SSSR count). The summed E-state index contributed by atoms with van der Waals surface area (Å²) in [5.41, 5.74) is 1.11. The number of rotatable bonds is 6. The summed E-state index contributed by atoms with van der Waals surface area (Å²) in [5, 5.41) is 0. The van der Waals surface area contributed by atoms with Crippen molar-refractivity contribution >= 4 is 33.4 Å². The van der Waals surface area contributed by atoms with Gasteiger partial charge in [-0.2, -0.15) is 4.99 Å². The highest BCUT2D eigenvalue weighted by molar-refractivity contribution is 7.16. The SMILES string of the molecule is COC(=O)CCn1c(=NC(=O)c2ccc(OC(C)C)cc2)sc2cc(F)ccc21. The first kappa shape index (κ1) is 20.7. The van der Waals surface area contributed by atoms with E-state index in [4.69, 9.17) is 9.47 Å². The Balaban J connectivity index is 1.97. The van der Waals surface area contributed by atoms with Gasteiger partial charge < -0.3 is 14.0 Å². The van der Waals surface area contributed by atoms with Gasteiger partial charge in [0.2, 0.25) is 0 Å². The zero-order valence-electron chi connectivity index (χ0n) is 16.3. The van der Waals surface area contributed by atoms with Crippen LogP contribution < -0.4 is 9.54 Å². The van der Waals surface area contributed by atoms with E-state index < -0.39 is 5.91 Å². The standard InChI is InChI=1S/C21H21FN2O4S/c1-13(2)28-16-7-4-14(5-8-16)20(26)23-21-24(11-10-19(25)27-3)17-9-6-15(22)12-18(17)29-21/h4-9,12-13H,10-11H2,1-3H3. The van der Waals surface area contributed by atoms with Crippen LogP contribution in [-0.4, -0.2) is 29.7 Å². The number of carbonyl (C=O) groups is 2. The third kappa shape index (κ3) is 5.08. The molecule has 0 saturated carbocycles. The van der Waals surface area contributed by atoms with E-state index in [0.29, 0.717) is 26.3 Å². The third-order valence-electron chi connectivity index (χ3n) is 4.08. The van der Waals surface area contributed by atoms with Crippen molar-refractivity contribution in [2.45, 2.75) is 32.9 Å². The van der Waals surface area contributed by atoms with E-state index in [1.54, 1.807) is 34.9 Å². The van der Waals surface area contributed by atoms with Crippen LogP contribution in [0, 0.1) is 5.82 Å². The summed E-state index contributed by atoms with van der Waals surface area (Å²) in [4.78, 5) is 28.8. The van der Waals surface area contributed by atoms with Gasteiger partial charge in [0.25, 0.3) is 5.91 Å². The Labute approximate surface area is 171 Å². The number of aromatic nitrogens is 1. The molecular formula is C21H21FN2O4S. The quantitative estimate of drug-likeness (QED) is 0.571. The molecule has 8 heteroatoms. The molecule has 152 valence electrons. The number of nitrogens with zero attached hydrogens (tertiary/aromatic N) is 2. The largest absolute Gasteiger partial charge is 0.491 e. The van der Waals surface area contributed by atoms with Crippen molar-refractivity contribution in [3.05, 3.63) is 58.6 Å². The Hall–Kier alpha value is -3.00. The van der Waals surface area contributed by atoms with Crippen molar-refractivity contribution < 1.29 is 23.5 Å². The lowest BCUT2D eigenvalue weighted by atomic mass is 10.2. The predicted molar refractivity (Wildman–Crippen MR) is 109 cm³/mol. The minimum absolute atomic E-state index is 0.0361. The third-order valence-corrected chi connectivity index (χ3v) is 5.12. The van der Waals surface area contributed by atoms with Crippen LogP contribution in [0.3, 0.4) is 0 Å². The number of methoxy groups -OCH3 is 1. The molecule has 0 aliphatic rings. The monoisotopic (exact) mass is 416 g/mol. The molecule has 0 radical (unpaired) electrons. The number of aryl methyl sites for hydroxylation is 1. The number of thiazole rings is 1. The second-order valence-electron chi connectivity index (χ2n) is 6.58. The number of esters is 1. The molecule has 0 unspecified atom stereocenters. The fraction of sp³-hybridized carbons (Fsp3) is 0.286. The van der Waals surface area contributed by atoms with E-state index in [0.717, 1.165) is 0 Å². The highest BCUT2D eigenvalue weighted by atomic mass is 32.1. The van der Waals surface area contributed by atoms with Gasteiger partial charge in [-0.05, 0) is 56.3 Å². The molecule has 0 spiro atoms. The van der Waals surface area contributed by atoms with Crippen LogP contribution >= 0.6 is 11.3 Å². The number of ether oxygens (including phenoxy) is 2. The number of benzene rings is 2. The highest BCUT2D eigenvalue weighted by Crippen LogP contribution is 2.20. The molecule has 0 fully saturated rings. The van der Waals surface area contributed by atoms with Crippen molar-refractivity contribution in [2.75, 3.05) is 7.11 Å². The molecule has 1 amide bonds. The first-order valence-electron chi connectivity index (χ1n) is 9.09. The fourth-order valence-corrected chi connectivity index (χ4v) is 3.83. The molecule has 29 heavy (non-hydrogen) atoms. The van der Waals surface area contributed by atoms with Crippen molar-refractivity contribution in [1.82, 2.24) is 4.57 Å². The second-order valence-corrected chi connectivity index (χ2v) is 7.59. The summed E-state index contributed by atoms with van der Waals surface area (Å²) >= 11 is 1.19. The lowest BCUT2D eigenvalue weighted by Gasteiger charge is -2.09. The van der Waals surface area contributed by atoms with E-state index in [-0.39, 0.29) is 30.9 Å². The first-order chi connectivity index (χ1) is 13.9. The van der Waals surface area contributed by atoms with E-state index in [1.807, 2.05) is 13.8 Å². The minimum Gasteiger partial charge on any atom is -0.491 e. The Morgan fingerprint density at radius 3 is 2.55 bits per heavy atom. The number of fused-ring (bicyclic) bond motifs is 1. The van der Waals surface area contributed by atoms with Crippen LogP contribution in [0.4, 0.5) is 4.39 Å². The zero-order chi connectivity index (χ0) is 21.0. The van der Waals surface area contributed by atoms with Crippen molar-refractivity contribution in [3.8, 4) is 5.75 Å².